The summed E-state index contributed by atoms with van der Waals surface area (Å²) in [6.07, 6.45) is 4.78. The fraction of sp³-hybridized carbons (Fsp3) is 0.923. The van der Waals surface area contributed by atoms with Gasteiger partial charge in [-0.05, 0) is 38.6 Å². The minimum absolute atomic E-state index is 0.0179. The topological polar surface area (TPSA) is 76.4 Å². The molecule has 1 atom stereocenters. The summed E-state index contributed by atoms with van der Waals surface area (Å²) in [7, 11) is 1.67. The summed E-state index contributed by atoms with van der Waals surface area (Å²) in [4.78, 5) is 12.6. The highest BCUT2D eigenvalue weighted by Crippen LogP contribution is 2.58. The lowest BCUT2D eigenvalue weighted by molar-refractivity contribution is -0.149. The van der Waals surface area contributed by atoms with Gasteiger partial charge in [0.25, 0.3) is 0 Å². The molecule has 0 aromatic carbocycles. The van der Waals surface area contributed by atoms with Crippen molar-refractivity contribution in [1.29, 1.82) is 0 Å². The summed E-state index contributed by atoms with van der Waals surface area (Å²) in [5.74, 6) is 0.151. The first kappa shape index (κ1) is 12.4. The van der Waals surface area contributed by atoms with E-state index in [1.807, 2.05) is 0 Å². The standard InChI is InChI=1S/C13H23N3O2/c1-18-9-11(3-2-4-15-8-11)10(17)16-13-5-12(14,6-13)7-13/h15H,2-9,14H2,1H3,(H,16,17). The van der Waals surface area contributed by atoms with Crippen LogP contribution in [0.1, 0.15) is 32.1 Å². The minimum Gasteiger partial charge on any atom is -0.384 e. The number of carbonyl (C=O) groups is 1. The van der Waals surface area contributed by atoms with Crippen LogP contribution in [0.3, 0.4) is 0 Å². The van der Waals surface area contributed by atoms with E-state index in [1.54, 1.807) is 7.11 Å². The van der Waals surface area contributed by atoms with Gasteiger partial charge in [0.15, 0.2) is 0 Å². The molecule has 1 aliphatic heterocycles. The number of hydrogen-bond acceptors (Lipinski definition) is 4. The first-order valence-corrected chi connectivity index (χ1v) is 6.83. The Bertz CT molecular complexity index is 338. The molecule has 1 heterocycles. The lowest BCUT2D eigenvalue weighted by Crippen LogP contribution is -2.83. The van der Waals surface area contributed by atoms with Crippen molar-refractivity contribution in [2.24, 2.45) is 11.1 Å². The molecule has 1 amide bonds. The fourth-order valence-electron chi connectivity index (χ4n) is 4.00. The van der Waals surface area contributed by atoms with Crippen molar-refractivity contribution in [2.75, 3.05) is 26.8 Å². The molecule has 3 saturated carbocycles. The molecule has 0 aromatic heterocycles. The van der Waals surface area contributed by atoms with Gasteiger partial charge in [0.1, 0.15) is 0 Å². The van der Waals surface area contributed by atoms with Gasteiger partial charge < -0.3 is 21.1 Å². The second-order valence-electron chi connectivity index (χ2n) is 6.62. The molecule has 4 fully saturated rings. The molecule has 1 saturated heterocycles. The van der Waals surface area contributed by atoms with Gasteiger partial charge in [0.05, 0.1) is 12.0 Å². The highest BCUT2D eigenvalue weighted by atomic mass is 16.5. The van der Waals surface area contributed by atoms with Gasteiger partial charge in [-0.2, -0.15) is 0 Å². The zero-order valence-electron chi connectivity index (χ0n) is 11.1. The normalized spacial score (nSPS) is 45.9. The van der Waals surface area contributed by atoms with Gasteiger partial charge >= 0.3 is 0 Å². The molecule has 3 aliphatic carbocycles. The van der Waals surface area contributed by atoms with Crippen molar-refractivity contribution >= 4 is 5.91 Å². The van der Waals surface area contributed by atoms with E-state index in [1.165, 1.54) is 0 Å². The van der Waals surface area contributed by atoms with E-state index < -0.39 is 0 Å². The third kappa shape index (κ3) is 1.76. The summed E-state index contributed by atoms with van der Waals surface area (Å²) < 4.78 is 5.28. The van der Waals surface area contributed by atoms with Crippen molar-refractivity contribution in [3.05, 3.63) is 0 Å². The van der Waals surface area contributed by atoms with E-state index in [-0.39, 0.29) is 22.4 Å². The van der Waals surface area contributed by atoms with Crippen LogP contribution in [0, 0.1) is 5.41 Å². The summed E-state index contributed by atoms with van der Waals surface area (Å²) in [5, 5.41) is 6.56. The van der Waals surface area contributed by atoms with Crippen molar-refractivity contribution in [3.8, 4) is 0 Å². The van der Waals surface area contributed by atoms with Crippen LogP contribution in [0.25, 0.3) is 0 Å². The molecule has 5 heteroatoms. The number of ether oxygens (including phenoxy) is 1. The molecule has 5 nitrogen and oxygen atoms in total. The summed E-state index contributed by atoms with van der Waals surface area (Å²) in [6.45, 7) is 2.21. The average Bonchev–Trinajstić information content (AvgIpc) is 2.27. The molecule has 4 rings (SSSR count). The van der Waals surface area contributed by atoms with Crippen molar-refractivity contribution in [2.45, 2.75) is 43.2 Å². The lowest BCUT2D eigenvalue weighted by atomic mass is 9.44. The Morgan fingerprint density at radius 2 is 2.17 bits per heavy atom. The number of nitrogens with two attached hydrogens (primary N) is 1. The maximum absolute atomic E-state index is 12.6. The lowest BCUT2D eigenvalue weighted by Gasteiger charge is -2.69. The molecule has 2 bridgehead atoms. The Morgan fingerprint density at radius 3 is 2.67 bits per heavy atom. The Morgan fingerprint density at radius 1 is 1.44 bits per heavy atom. The van der Waals surface area contributed by atoms with Crippen molar-refractivity contribution in [3.63, 3.8) is 0 Å². The van der Waals surface area contributed by atoms with Crippen molar-refractivity contribution < 1.29 is 9.53 Å². The van der Waals surface area contributed by atoms with Crippen LogP contribution >= 0.6 is 0 Å². The van der Waals surface area contributed by atoms with E-state index in [0.717, 1.165) is 45.2 Å². The Balaban J connectivity index is 1.65. The first-order valence-electron chi connectivity index (χ1n) is 6.83. The maximum Gasteiger partial charge on any atom is 0.230 e. The largest absolute Gasteiger partial charge is 0.384 e. The molecular weight excluding hydrogens is 230 g/mol. The van der Waals surface area contributed by atoms with Crippen LogP contribution in [0.4, 0.5) is 0 Å². The molecule has 0 aromatic rings. The molecule has 1 unspecified atom stereocenters. The molecule has 4 aliphatic rings. The third-order valence-corrected chi connectivity index (χ3v) is 4.82. The van der Waals surface area contributed by atoms with Crippen LogP contribution in [0.2, 0.25) is 0 Å². The highest BCUT2D eigenvalue weighted by Gasteiger charge is 2.67. The second-order valence-corrected chi connectivity index (χ2v) is 6.62. The number of rotatable bonds is 4. The van der Waals surface area contributed by atoms with Crippen LogP contribution in [0.15, 0.2) is 0 Å². The summed E-state index contributed by atoms with van der Waals surface area (Å²) in [6, 6.07) is 0. The van der Waals surface area contributed by atoms with Crippen LogP contribution in [0.5, 0.6) is 0 Å². The van der Waals surface area contributed by atoms with E-state index >= 15 is 0 Å². The van der Waals surface area contributed by atoms with Crippen LogP contribution in [-0.2, 0) is 9.53 Å². The zero-order valence-corrected chi connectivity index (χ0v) is 11.1. The predicted molar refractivity (Wildman–Crippen MR) is 68.1 cm³/mol. The third-order valence-electron chi connectivity index (χ3n) is 4.82. The number of hydrogen-bond donors (Lipinski definition) is 3. The number of piperidine rings is 1. The van der Waals surface area contributed by atoms with E-state index in [9.17, 15) is 4.79 Å². The number of carbonyl (C=O) groups excluding carboxylic acids is 1. The number of nitrogens with one attached hydrogen (secondary N) is 2. The minimum atomic E-state index is -0.385. The number of methoxy groups -OCH3 is 1. The van der Waals surface area contributed by atoms with E-state index in [2.05, 4.69) is 10.6 Å². The quantitative estimate of drug-likeness (QED) is 0.646. The SMILES string of the molecule is COCC1(C(=O)NC23CC(N)(C2)C3)CCCNC1. The monoisotopic (exact) mass is 253 g/mol. The van der Waals surface area contributed by atoms with Gasteiger partial charge in [-0.15, -0.1) is 0 Å². The molecule has 0 radical (unpaired) electrons. The number of amides is 1. The molecular formula is C13H23N3O2. The first-order chi connectivity index (χ1) is 8.52. The van der Waals surface area contributed by atoms with Crippen molar-refractivity contribution in [1.82, 2.24) is 10.6 Å². The van der Waals surface area contributed by atoms with Crippen LogP contribution < -0.4 is 16.4 Å². The van der Waals surface area contributed by atoms with Gasteiger partial charge in [-0.25, -0.2) is 0 Å². The average molecular weight is 253 g/mol. The van der Waals surface area contributed by atoms with E-state index in [4.69, 9.17) is 10.5 Å². The van der Waals surface area contributed by atoms with E-state index in [0.29, 0.717) is 6.61 Å². The predicted octanol–water partition coefficient (Wildman–Crippen LogP) is -0.247. The smallest absolute Gasteiger partial charge is 0.230 e. The second kappa shape index (κ2) is 3.92. The fourth-order valence-corrected chi connectivity index (χ4v) is 4.00. The molecule has 0 spiro atoms. The van der Waals surface area contributed by atoms with Crippen LogP contribution in [-0.4, -0.2) is 43.8 Å². The highest BCUT2D eigenvalue weighted by molar-refractivity contribution is 5.84. The van der Waals surface area contributed by atoms with Gasteiger partial charge in [-0.3, -0.25) is 4.79 Å². The molecule has 102 valence electrons. The molecule has 4 N–H and O–H groups in total. The maximum atomic E-state index is 12.6. The molecule has 18 heavy (non-hydrogen) atoms. The van der Waals surface area contributed by atoms with Gasteiger partial charge in [-0.1, -0.05) is 0 Å². The van der Waals surface area contributed by atoms with Gasteiger partial charge in [0.2, 0.25) is 5.91 Å². The summed E-state index contributed by atoms with van der Waals surface area (Å²) >= 11 is 0. The Kier molecular flexibility index (Phi) is 2.70. The van der Waals surface area contributed by atoms with Gasteiger partial charge in [0, 0.05) is 24.7 Å². The Labute approximate surface area is 108 Å². The summed E-state index contributed by atoms with van der Waals surface area (Å²) in [5.41, 5.74) is 5.70. The Hall–Kier alpha value is -0.650. The zero-order chi connectivity index (χ0) is 12.9.